The fraction of sp³-hybridized carbons (Fsp3) is 0.778. The Labute approximate surface area is 144 Å². The smallest absolute Gasteiger partial charge is 0.237 e. The van der Waals surface area contributed by atoms with Crippen molar-refractivity contribution in [1.82, 2.24) is 21.3 Å². The van der Waals surface area contributed by atoms with Crippen molar-refractivity contribution in [2.45, 2.75) is 75.5 Å². The van der Waals surface area contributed by atoms with Crippen molar-refractivity contribution in [3.8, 4) is 0 Å². The minimum Gasteiger partial charge on any atom is -0.350 e. The zero-order valence-corrected chi connectivity index (χ0v) is 14.4. The number of nitrogens with one attached hydrogen (secondary N) is 4. The van der Waals surface area contributed by atoms with E-state index in [1.165, 1.54) is 0 Å². The number of rotatable bonds is 4. The normalized spacial score (nSPS) is 33.7. The van der Waals surface area contributed by atoms with Crippen LogP contribution in [0, 0.1) is 0 Å². The van der Waals surface area contributed by atoms with E-state index in [0.29, 0.717) is 0 Å². The molecule has 6 heteroatoms. The maximum Gasteiger partial charge on any atom is 0.237 e. The third-order valence-electron chi connectivity index (χ3n) is 5.39. The van der Waals surface area contributed by atoms with E-state index in [-0.39, 0.29) is 36.0 Å². The van der Waals surface area contributed by atoms with Crippen molar-refractivity contribution in [3.05, 3.63) is 12.2 Å². The molecule has 0 spiro atoms. The lowest BCUT2D eigenvalue weighted by atomic mass is 9.89. The van der Waals surface area contributed by atoms with Crippen LogP contribution in [-0.2, 0) is 9.59 Å². The van der Waals surface area contributed by atoms with Crippen LogP contribution in [0.4, 0.5) is 0 Å². The number of carbonyl (C=O) groups excluding carboxylic acids is 2. The van der Waals surface area contributed by atoms with Gasteiger partial charge in [-0.3, -0.25) is 9.59 Å². The molecule has 2 aliphatic heterocycles. The fourth-order valence-corrected chi connectivity index (χ4v) is 3.93. The Hall–Kier alpha value is -1.40. The minimum atomic E-state index is -0.145. The zero-order chi connectivity index (χ0) is 16.8. The summed E-state index contributed by atoms with van der Waals surface area (Å²) in [5, 5.41) is 12.9. The van der Waals surface area contributed by atoms with E-state index in [0.717, 1.165) is 64.5 Å². The molecule has 1 saturated carbocycles. The van der Waals surface area contributed by atoms with E-state index < -0.39 is 0 Å². The van der Waals surface area contributed by atoms with Gasteiger partial charge in [-0.1, -0.05) is 31.4 Å². The van der Waals surface area contributed by atoms with Crippen LogP contribution in [0.5, 0.6) is 0 Å². The van der Waals surface area contributed by atoms with Crippen molar-refractivity contribution in [3.63, 3.8) is 0 Å². The molecule has 0 aromatic heterocycles. The Morgan fingerprint density at radius 3 is 2.04 bits per heavy atom. The first-order valence-electron chi connectivity index (χ1n) is 9.46. The van der Waals surface area contributed by atoms with E-state index in [9.17, 15) is 9.59 Å². The summed E-state index contributed by atoms with van der Waals surface area (Å²) in [6, 6.07) is -0.111. The standard InChI is InChI=1S/C18H30N4O2/c23-17(15-9-3-5-11-19-15)21-13-7-1-2-8-14(13)22-18(24)16-10-4-6-12-20-16/h3,5,13-16,19-20H,1-2,4,6-12H2,(H,21,23)(H,22,24). The van der Waals surface area contributed by atoms with Gasteiger partial charge in [0.1, 0.15) is 0 Å². The first-order chi connectivity index (χ1) is 11.7. The second-order valence-corrected chi connectivity index (χ2v) is 7.19. The third kappa shape index (κ3) is 4.57. The Balaban J connectivity index is 1.53. The Kier molecular flexibility index (Phi) is 6.26. The van der Waals surface area contributed by atoms with Crippen molar-refractivity contribution < 1.29 is 9.59 Å². The molecule has 24 heavy (non-hydrogen) atoms. The molecular weight excluding hydrogens is 304 g/mol. The molecular formula is C18H30N4O2. The van der Waals surface area contributed by atoms with Crippen molar-refractivity contribution in [2.75, 3.05) is 13.1 Å². The lowest BCUT2D eigenvalue weighted by Crippen LogP contribution is -2.59. The van der Waals surface area contributed by atoms with Gasteiger partial charge in [0.25, 0.3) is 0 Å². The molecule has 1 aliphatic carbocycles. The van der Waals surface area contributed by atoms with Gasteiger partial charge in [0.2, 0.25) is 11.8 Å². The topological polar surface area (TPSA) is 82.3 Å². The number of hydrogen-bond donors (Lipinski definition) is 4. The van der Waals surface area contributed by atoms with E-state index in [4.69, 9.17) is 0 Å². The summed E-state index contributed by atoms with van der Waals surface area (Å²) in [6.45, 7) is 1.67. The molecule has 0 aromatic carbocycles. The highest BCUT2D eigenvalue weighted by molar-refractivity contribution is 5.83. The average Bonchev–Trinajstić information content (AvgIpc) is 2.64. The Bertz CT molecular complexity index is 474. The highest BCUT2D eigenvalue weighted by Gasteiger charge is 2.31. The summed E-state index contributed by atoms with van der Waals surface area (Å²) in [7, 11) is 0. The summed E-state index contributed by atoms with van der Waals surface area (Å²) in [4.78, 5) is 25.0. The summed E-state index contributed by atoms with van der Waals surface area (Å²) < 4.78 is 0. The van der Waals surface area contributed by atoms with Crippen LogP contribution in [-0.4, -0.2) is 49.1 Å². The number of amides is 2. The van der Waals surface area contributed by atoms with E-state index in [1.807, 2.05) is 6.08 Å². The summed E-state index contributed by atoms with van der Waals surface area (Å²) >= 11 is 0. The predicted octanol–water partition coefficient (Wildman–Crippen LogP) is 0.590. The largest absolute Gasteiger partial charge is 0.350 e. The maximum atomic E-state index is 12.5. The molecule has 2 amide bonds. The molecule has 4 N–H and O–H groups in total. The van der Waals surface area contributed by atoms with Crippen LogP contribution in [0.15, 0.2) is 12.2 Å². The Morgan fingerprint density at radius 2 is 1.46 bits per heavy atom. The number of carbonyl (C=O) groups is 2. The lowest BCUT2D eigenvalue weighted by molar-refractivity contribution is -0.127. The van der Waals surface area contributed by atoms with Gasteiger partial charge in [-0.05, 0) is 38.6 Å². The van der Waals surface area contributed by atoms with Crippen LogP contribution in [0.2, 0.25) is 0 Å². The molecule has 4 atom stereocenters. The molecule has 4 unspecified atom stereocenters. The van der Waals surface area contributed by atoms with Gasteiger partial charge in [0, 0.05) is 18.6 Å². The van der Waals surface area contributed by atoms with Crippen molar-refractivity contribution in [2.24, 2.45) is 0 Å². The van der Waals surface area contributed by atoms with Gasteiger partial charge in [-0.25, -0.2) is 0 Å². The van der Waals surface area contributed by atoms with E-state index >= 15 is 0 Å². The van der Waals surface area contributed by atoms with Gasteiger partial charge >= 0.3 is 0 Å². The second kappa shape index (κ2) is 8.62. The van der Waals surface area contributed by atoms with Crippen LogP contribution < -0.4 is 21.3 Å². The molecule has 2 fully saturated rings. The van der Waals surface area contributed by atoms with E-state index in [1.54, 1.807) is 0 Å². The van der Waals surface area contributed by atoms with Crippen LogP contribution >= 0.6 is 0 Å². The number of hydrogen-bond acceptors (Lipinski definition) is 4. The van der Waals surface area contributed by atoms with Crippen LogP contribution in [0.1, 0.15) is 51.4 Å². The average molecular weight is 334 g/mol. The molecule has 0 radical (unpaired) electrons. The molecule has 2 heterocycles. The summed E-state index contributed by atoms with van der Waals surface area (Å²) in [6.07, 6.45) is 12.1. The molecule has 134 valence electrons. The highest BCUT2D eigenvalue weighted by atomic mass is 16.2. The summed E-state index contributed by atoms with van der Waals surface area (Å²) in [5.74, 6) is 0.154. The van der Waals surface area contributed by atoms with Gasteiger partial charge < -0.3 is 21.3 Å². The predicted molar refractivity (Wildman–Crippen MR) is 93.5 cm³/mol. The van der Waals surface area contributed by atoms with Gasteiger partial charge in [-0.2, -0.15) is 0 Å². The molecule has 1 saturated heterocycles. The monoisotopic (exact) mass is 334 g/mol. The van der Waals surface area contributed by atoms with Crippen LogP contribution in [0.3, 0.4) is 0 Å². The first-order valence-corrected chi connectivity index (χ1v) is 9.46. The second-order valence-electron chi connectivity index (χ2n) is 7.19. The number of piperidine rings is 1. The molecule has 3 aliphatic rings. The molecule has 0 bridgehead atoms. The molecule has 0 aromatic rings. The SMILES string of the molecule is O=C(NC1CCCCC1NC(=O)C1CCCCN1)C1CC=CCN1. The van der Waals surface area contributed by atoms with Crippen molar-refractivity contribution >= 4 is 11.8 Å². The van der Waals surface area contributed by atoms with Gasteiger partial charge in [0.15, 0.2) is 0 Å². The quantitative estimate of drug-likeness (QED) is 0.567. The fourth-order valence-electron chi connectivity index (χ4n) is 3.93. The Morgan fingerprint density at radius 1 is 0.792 bits per heavy atom. The van der Waals surface area contributed by atoms with Gasteiger partial charge in [0.05, 0.1) is 12.1 Å². The maximum absolute atomic E-state index is 12.5. The summed E-state index contributed by atoms with van der Waals surface area (Å²) in [5.41, 5.74) is 0. The molecule has 6 nitrogen and oxygen atoms in total. The third-order valence-corrected chi connectivity index (χ3v) is 5.39. The van der Waals surface area contributed by atoms with Crippen molar-refractivity contribution in [1.29, 1.82) is 0 Å². The lowest BCUT2D eigenvalue weighted by Gasteiger charge is -2.35. The first kappa shape index (κ1) is 17.4. The minimum absolute atomic E-state index is 0.0477. The van der Waals surface area contributed by atoms with E-state index in [2.05, 4.69) is 27.3 Å². The van der Waals surface area contributed by atoms with Gasteiger partial charge in [-0.15, -0.1) is 0 Å². The zero-order valence-electron chi connectivity index (χ0n) is 14.4. The van der Waals surface area contributed by atoms with Crippen LogP contribution in [0.25, 0.3) is 0 Å². The highest BCUT2D eigenvalue weighted by Crippen LogP contribution is 2.20. The molecule has 3 rings (SSSR count).